The average molecular weight is 291 g/mol. The fourth-order valence-electron chi connectivity index (χ4n) is 2.03. The van der Waals surface area contributed by atoms with Crippen molar-refractivity contribution in [2.75, 3.05) is 6.54 Å². The van der Waals surface area contributed by atoms with Gasteiger partial charge in [-0.1, -0.05) is 5.21 Å². The maximum Gasteiger partial charge on any atom is 0.274 e. The molecule has 1 aliphatic rings. The van der Waals surface area contributed by atoms with Crippen molar-refractivity contribution >= 4 is 5.69 Å². The van der Waals surface area contributed by atoms with Gasteiger partial charge in [0.1, 0.15) is 5.82 Å². The highest BCUT2D eigenvalue weighted by Gasteiger charge is 2.20. The van der Waals surface area contributed by atoms with Gasteiger partial charge in [-0.3, -0.25) is 10.1 Å². The fraction of sp³-hybridized carbons (Fsp3) is 0.385. The molecule has 0 unspecified atom stereocenters. The summed E-state index contributed by atoms with van der Waals surface area (Å²) in [7, 11) is 0. The van der Waals surface area contributed by atoms with Crippen LogP contribution in [0.2, 0.25) is 0 Å². The Labute approximate surface area is 119 Å². The van der Waals surface area contributed by atoms with Gasteiger partial charge in [0, 0.05) is 18.7 Å². The average Bonchev–Trinajstić information content (AvgIpc) is 3.14. The van der Waals surface area contributed by atoms with Crippen molar-refractivity contribution in [3.63, 3.8) is 0 Å². The Morgan fingerprint density at radius 3 is 2.95 bits per heavy atom. The summed E-state index contributed by atoms with van der Waals surface area (Å²) in [6, 6.07) is 3.32. The summed E-state index contributed by atoms with van der Waals surface area (Å²) in [6.07, 6.45) is 4.18. The molecule has 0 atom stereocenters. The van der Waals surface area contributed by atoms with Crippen LogP contribution in [0.25, 0.3) is 5.69 Å². The minimum atomic E-state index is -0.678. The van der Waals surface area contributed by atoms with Gasteiger partial charge in [-0.25, -0.2) is 9.07 Å². The Bertz CT molecular complexity index is 668. The molecular formula is C13H14FN5O2. The SMILES string of the molecule is O=[N+]([O-])c1cc(F)cc(-n2cc(CNCC3CC3)nn2)c1. The van der Waals surface area contributed by atoms with Gasteiger partial charge >= 0.3 is 0 Å². The van der Waals surface area contributed by atoms with Crippen LogP contribution in [0, 0.1) is 21.8 Å². The molecule has 3 rings (SSSR count). The van der Waals surface area contributed by atoms with E-state index in [4.69, 9.17) is 0 Å². The van der Waals surface area contributed by atoms with E-state index in [0.717, 1.165) is 18.5 Å². The Balaban J connectivity index is 1.73. The summed E-state index contributed by atoms with van der Waals surface area (Å²) in [5.74, 6) is 0.0917. The highest BCUT2D eigenvalue weighted by Crippen LogP contribution is 2.27. The van der Waals surface area contributed by atoms with Crippen LogP contribution in [0.5, 0.6) is 0 Å². The molecule has 0 bridgehead atoms. The highest BCUT2D eigenvalue weighted by atomic mass is 19.1. The molecule has 110 valence electrons. The summed E-state index contributed by atoms with van der Waals surface area (Å²) < 4.78 is 14.7. The molecule has 1 fully saturated rings. The van der Waals surface area contributed by atoms with Gasteiger partial charge < -0.3 is 5.32 Å². The van der Waals surface area contributed by atoms with Crippen LogP contribution >= 0.6 is 0 Å². The van der Waals surface area contributed by atoms with E-state index in [1.165, 1.54) is 29.7 Å². The van der Waals surface area contributed by atoms with Crippen molar-refractivity contribution in [2.24, 2.45) is 5.92 Å². The molecule has 21 heavy (non-hydrogen) atoms. The van der Waals surface area contributed by atoms with Gasteiger partial charge in [0.05, 0.1) is 28.6 Å². The maximum absolute atomic E-state index is 13.4. The Hall–Kier alpha value is -2.35. The molecule has 8 heteroatoms. The number of non-ortho nitro benzene ring substituents is 1. The van der Waals surface area contributed by atoms with E-state index in [-0.39, 0.29) is 11.4 Å². The molecule has 1 aliphatic carbocycles. The predicted molar refractivity (Wildman–Crippen MR) is 72.4 cm³/mol. The van der Waals surface area contributed by atoms with Crippen LogP contribution in [0.1, 0.15) is 18.5 Å². The van der Waals surface area contributed by atoms with Crippen LogP contribution in [0.3, 0.4) is 0 Å². The molecule has 1 N–H and O–H groups in total. The molecule has 0 amide bonds. The minimum Gasteiger partial charge on any atom is -0.311 e. The summed E-state index contributed by atoms with van der Waals surface area (Å²) in [4.78, 5) is 10.1. The topological polar surface area (TPSA) is 85.9 Å². The quantitative estimate of drug-likeness (QED) is 0.648. The van der Waals surface area contributed by atoms with Gasteiger partial charge in [0.25, 0.3) is 5.69 Å². The second-order valence-electron chi connectivity index (χ2n) is 5.15. The van der Waals surface area contributed by atoms with Crippen LogP contribution in [-0.4, -0.2) is 26.5 Å². The largest absolute Gasteiger partial charge is 0.311 e. The van der Waals surface area contributed by atoms with Gasteiger partial charge in [0.2, 0.25) is 0 Å². The first kappa shape index (κ1) is 13.6. The molecule has 0 aliphatic heterocycles. The van der Waals surface area contributed by atoms with Crippen molar-refractivity contribution in [1.29, 1.82) is 0 Å². The first-order valence-corrected chi connectivity index (χ1v) is 6.69. The molecule has 0 saturated heterocycles. The Morgan fingerprint density at radius 1 is 1.43 bits per heavy atom. The standard InChI is InChI=1S/C13H14FN5O2/c14-10-3-12(5-13(4-10)19(20)21)18-8-11(16-17-18)7-15-6-9-1-2-9/h3-5,8-9,15H,1-2,6-7H2. The summed E-state index contributed by atoms with van der Waals surface area (Å²) in [5, 5.41) is 21.9. The fourth-order valence-corrected chi connectivity index (χ4v) is 2.03. The molecule has 1 heterocycles. The second kappa shape index (κ2) is 5.57. The molecule has 7 nitrogen and oxygen atoms in total. The van der Waals surface area contributed by atoms with E-state index in [0.29, 0.717) is 12.2 Å². The molecule has 1 aromatic carbocycles. The summed E-state index contributed by atoms with van der Waals surface area (Å²) in [5.41, 5.74) is 0.680. The molecule has 0 radical (unpaired) electrons. The lowest BCUT2D eigenvalue weighted by Gasteiger charge is -2.01. The van der Waals surface area contributed by atoms with Crippen molar-refractivity contribution in [1.82, 2.24) is 20.3 Å². The van der Waals surface area contributed by atoms with Crippen molar-refractivity contribution in [3.8, 4) is 5.69 Å². The number of nitro benzene ring substituents is 1. The van der Waals surface area contributed by atoms with E-state index in [1.807, 2.05) is 0 Å². The minimum absolute atomic E-state index is 0.280. The number of benzene rings is 1. The maximum atomic E-state index is 13.4. The molecule has 0 spiro atoms. The Kier molecular flexibility index (Phi) is 3.61. The first-order valence-electron chi connectivity index (χ1n) is 6.69. The highest BCUT2D eigenvalue weighted by molar-refractivity contribution is 5.43. The van der Waals surface area contributed by atoms with Gasteiger partial charge in [-0.15, -0.1) is 5.10 Å². The summed E-state index contributed by atoms with van der Waals surface area (Å²) >= 11 is 0. The van der Waals surface area contributed by atoms with Crippen LogP contribution < -0.4 is 5.32 Å². The van der Waals surface area contributed by atoms with Crippen LogP contribution in [0.15, 0.2) is 24.4 Å². The molecule has 2 aromatic rings. The molecular weight excluding hydrogens is 277 g/mol. The van der Waals surface area contributed by atoms with Crippen molar-refractivity contribution < 1.29 is 9.31 Å². The predicted octanol–water partition coefficient (Wildman–Crippen LogP) is 1.81. The van der Waals surface area contributed by atoms with E-state index >= 15 is 0 Å². The molecule has 1 saturated carbocycles. The van der Waals surface area contributed by atoms with E-state index in [1.54, 1.807) is 6.20 Å². The summed E-state index contributed by atoms with van der Waals surface area (Å²) in [6.45, 7) is 1.53. The number of nitro groups is 1. The first-order chi connectivity index (χ1) is 10.1. The van der Waals surface area contributed by atoms with Crippen molar-refractivity contribution in [2.45, 2.75) is 19.4 Å². The zero-order valence-electron chi connectivity index (χ0n) is 11.2. The zero-order valence-corrected chi connectivity index (χ0v) is 11.2. The Morgan fingerprint density at radius 2 is 2.24 bits per heavy atom. The van der Waals surface area contributed by atoms with Crippen LogP contribution in [-0.2, 0) is 6.54 Å². The number of halogens is 1. The molecule has 1 aromatic heterocycles. The van der Waals surface area contributed by atoms with Crippen molar-refractivity contribution in [3.05, 3.63) is 46.0 Å². The third-order valence-corrected chi connectivity index (χ3v) is 3.32. The zero-order chi connectivity index (χ0) is 14.8. The van der Waals surface area contributed by atoms with Crippen LogP contribution in [0.4, 0.5) is 10.1 Å². The number of rotatable bonds is 6. The van der Waals surface area contributed by atoms with Gasteiger partial charge in [0.15, 0.2) is 0 Å². The monoisotopic (exact) mass is 291 g/mol. The smallest absolute Gasteiger partial charge is 0.274 e. The number of aromatic nitrogens is 3. The van der Waals surface area contributed by atoms with Gasteiger partial charge in [-0.2, -0.15) is 0 Å². The third-order valence-electron chi connectivity index (χ3n) is 3.32. The number of nitrogens with one attached hydrogen (secondary N) is 1. The normalized spacial score (nSPS) is 14.3. The lowest BCUT2D eigenvalue weighted by atomic mass is 10.2. The lowest BCUT2D eigenvalue weighted by molar-refractivity contribution is -0.385. The van der Waals surface area contributed by atoms with Gasteiger partial charge in [-0.05, 0) is 25.3 Å². The number of hydrogen-bond donors (Lipinski definition) is 1. The second-order valence-corrected chi connectivity index (χ2v) is 5.15. The van der Waals surface area contributed by atoms with E-state index < -0.39 is 10.7 Å². The van der Waals surface area contributed by atoms with E-state index in [9.17, 15) is 14.5 Å². The number of nitrogens with zero attached hydrogens (tertiary/aromatic N) is 4. The van der Waals surface area contributed by atoms with E-state index in [2.05, 4.69) is 15.6 Å². The third kappa shape index (κ3) is 3.40. The number of hydrogen-bond acceptors (Lipinski definition) is 5. The lowest BCUT2D eigenvalue weighted by Crippen LogP contribution is -2.16.